The van der Waals surface area contributed by atoms with Gasteiger partial charge >= 0.3 is 5.97 Å². The molecular weight excluding hydrogens is 312 g/mol. The first-order chi connectivity index (χ1) is 9.81. The molecule has 114 valence electrons. The van der Waals surface area contributed by atoms with Crippen molar-refractivity contribution in [1.29, 1.82) is 0 Å². The summed E-state index contributed by atoms with van der Waals surface area (Å²) >= 11 is 1.48. The van der Waals surface area contributed by atoms with Crippen molar-refractivity contribution >= 4 is 27.3 Å². The van der Waals surface area contributed by atoms with E-state index in [1.807, 2.05) is 16.8 Å². The van der Waals surface area contributed by atoms with E-state index >= 15 is 0 Å². The Kier molecular flexibility index (Phi) is 4.50. The number of carboxylic acids is 1. The number of aromatic nitrogens is 1. The second-order valence-corrected chi connectivity index (χ2v) is 7.37. The van der Waals surface area contributed by atoms with Crippen LogP contribution in [0.3, 0.4) is 0 Å². The second kappa shape index (κ2) is 6.00. The number of hydrogen-bond donors (Lipinski definition) is 2. The SMILES string of the molecule is CC(C)n1cc(S(=O)(=O)NCc2ccsc2)cc1C(=O)O. The zero-order valence-electron chi connectivity index (χ0n) is 11.6. The lowest BCUT2D eigenvalue weighted by Gasteiger charge is -2.09. The molecule has 0 aromatic carbocycles. The summed E-state index contributed by atoms with van der Waals surface area (Å²) in [7, 11) is -3.73. The third kappa shape index (κ3) is 3.52. The molecule has 2 aromatic heterocycles. The van der Waals surface area contributed by atoms with Crippen LogP contribution in [0, 0.1) is 0 Å². The van der Waals surface area contributed by atoms with Gasteiger partial charge in [0.1, 0.15) is 10.6 Å². The monoisotopic (exact) mass is 328 g/mol. The summed E-state index contributed by atoms with van der Waals surface area (Å²) < 4.78 is 28.3. The van der Waals surface area contributed by atoms with Crippen LogP contribution in [0.4, 0.5) is 0 Å². The molecule has 0 fully saturated rings. The summed E-state index contributed by atoms with van der Waals surface area (Å²) in [4.78, 5) is 11.1. The molecule has 0 saturated carbocycles. The number of thiophene rings is 1. The van der Waals surface area contributed by atoms with Crippen LogP contribution in [0.15, 0.2) is 34.0 Å². The fourth-order valence-corrected chi connectivity index (χ4v) is 3.57. The first-order valence-electron chi connectivity index (χ1n) is 6.27. The molecule has 0 amide bonds. The fourth-order valence-electron chi connectivity index (χ4n) is 1.85. The highest BCUT2D eigenvalue weighted by molar-refractivity contribution is 7.89. The number of carboxylic acid groups (broad SMARTS) is 1. The first kappa shape index (κ1) is 15.7. The predicted octanol–water partition coefficient (Wildman–Crippen LogP) is 2.31. The van der Waals surface area contributed by atoms with Gasteiger partial charge in [-0.25, -0.2) is 17.9 Å². The molecule has 0 atom stereocenters. The molecule has 0 unspecified atom stereocenters. The molecule has 2 N–H and O–H groups in total. The van der Waals surface area contributed by atoms with Gasteiger partial charge < -0.3 is 9.67 Å². The van der Waals surface area contributed by atoms with Gasteiger partial charge in [-0.1, -0.05) is 0 Å². The van der Waals surface area contributed by atoms with Gasteiger partial charge in [0.15, 0.2) is 0 Å². The van der Waals surface area contributed by atoms with Crippen molar-refractivity contribution in [2.24, 2.45) is 0 Å². The average molecular weight is 328 g/mol. The Bertz CT molecular complexity index is 730. The van der Waals surface area contributed by atoms with Gasteiger partial charge in [-0.3, -0.25) is 0 Å². The van der Waals surface area contributed by atoms with Crippen molar-refractivity contribution in [3.63, 3.8) is 0 Å². The van der Waals surface area contributed by atoms with Crippen molar-refractivity contribution in [2.45, 2.75) is 31.3 Å². The topological polar surface area (TPSA) is 88.4 Å². The summed E-state index contributed by atoms with van der Waals surface area (Å²) in [6, 6.07) is 2.87. The Balaban J connectivity index is 2.27. The van der Waals surface area contributed by atoms with E-state index < -0.39 is 16.0 Å². The van der Waals surface area contributed by atoms with Gasteiger partial charge in [-0.2, -0.15) is 11.3 Å². The molecule has 0 bridgehead atoms. The maximum atomic E-state index is 12.2. The van der Waals surface area contributed by atoms with Gasteiger partial charge in [0.25, 0.3) is 0 Å². The third-order valence-corrected chi connectivity index (χ3v) is 5.06. The molecule has 0 saturated heterocycles. The Morgan fingerprint density at radius 2 is 2.19 bits per heavy atom. The predicted molar refractivity (Wildman–Crippen MR) is 80.1 cm³/mol. The minimum absolute atomic E-state index is 0.0381. The van der Waals surface area contributed by atoms with Crippen LogP contribution < -0.4 is 4.72 Å². The molecule has 2 aromatic rings. The molecule has 0 aliphatic heterocycles. The van der Waals surface area contributed by atoms with Gasteiger partial charge in [0.2, 0.25) is 10.0 Å². The summed E-state index contributed by atoms with van der Waals surface area (Å²) in [5.41, 5.74) is 0.825. The quantitative estimate of drug-likeness (QED) is 0.851. The summed E-state index contributed by atoms with van der Waals surface area (Å²) in [6.45, 7) is 3.77. The Morgan fingerprint density at radius 3 is 2.67 bits per heavy atom. The van der Waals surface area contributed by atoms with E-state index in [-0.39, 0.29) is 23.2 Å². The normalized spacial score (nSPS) is 12.0. The van der Waals surface area contributed by atoms with Crippen LogP contribution in [0.2, 0.25) is 0 Å². The maximum absolute atomic E-state index is 12.2. The van der Waals surface area contributed by atoms with Crippen LogP contribution in [-0.2, 0) is 16.6 Å². The molecule has 2 heterocycles. The van der Waals surface area contributed by atoms with E-state index in [2.05, 4.69) is 4.72 Å². The lowest BCUT2D eigenvalue weighted by atomic mass is 10.3. The Morgan fingerprint density at radius 1 is 1.48 bits per heavy atom. The minimum atomic E-state index is -3.73. The van der Waals surface area contributed by atoms with Gasteiger partial charge in [0, 0.05) is 18.8 Å². The highest BCUT2D eigenvalue weighted by Gasteiger charge is 2.22. The lowest BCUT2D eigenvalue weighted by Crippen LogP contribution is -2.22. The van der Waals surface area contributed by atoms with Crippen LogP contribution in [0.25, 0.3) is 0 Å². The van der Waals surface area contributed by atoms with E-state index in [0.29, 0.717) is 0 Å². The van der Waals surface area contributed by atoms with Crippen LogP contribution >= 0.6 is 11.3 Å². The molecule has 0 aliphatic carbocycles. The average Bonchev–Trinajstić information content (AvgIpc) is 3.06. The van der Waals surface area contributed by atoms with E-state index in [1.54, 1.807) is 13.8 Å². The number of carbonyl (C=O) groups is 1. The van der Waals surface area contributed by atoms with Gasteiger partial charge in [-0.15, -0.1) is 0 Å². The molecular formula is C13H16N2O4S2. The molecule has 0 aliphatic rings. The van der Waals surface area contributed by atoms with E-state index in [4.69, 9.17) is 5.11 Å². The smallest absolute Gasteiger partial charge is 0.352 e. The highest BCUT2D eigenvalue weighted by Crippen LogP contribution is 2.19. The van der Waals surface area contributed by atoms with Crippen LogP contribution in [0.1, 0.15) is 35.9 Å². The van der Waals surface area contributed by atoms with Crippen molar-refractivity contribution in [3.8, 4) is 0 Å². The number of nitrogens with zero attached hydrogens (tertiary/aromatic N) is 1. The number of rotatable bonds is 6. The summed E-state index contributed by atoms with van der Waals surface area (Å²) in [5.74, 6) is -1.15. The molecule has 2 rings (SSSR count). The summed E-state index contributed by atoms with van der Waals surface area (Å²) in [6.07, 6.45) is 1.35. The first-order valence-corrected chi connectivity index (χ1v) is 8.70. The van der Waals surface area contributed by atoms with Crippen LogP contribution in [-0.4, -0.2) is 24.1 Å². The van der Waals surface area contributed by atoms with Crippen molar-refractivity contribution < 1.29 is 18.3 Å². The van der Waals surface area contributed by atoms with Crippen molar-refractivity contribution in [2.75, 3.05) is 0 Å². The van der Waals surface area contributed by atoms with Crippen molar-refractivity contribution in [3.05, 3.63) is 40.3 Å². The Hall–Kier alpha value is -1.64. The van der Waals surface area contributed by atoms with E-state index in [9.17, 15) is 13.2 Å². The molecule has 0 spiro atoms. The molecule has 21 heavy (non-hydrogen) atoms. The van der Waals surface area contributed by atoms with E-state index in [0.717, 1.165) is 5.56 Å². The number of nitrogens with one attached hydrogen (secondary N) is 1. The number of hydrogen-bond acceptors (Lipinski definition) is 4. The molecule has 0 radical (unpaired) electrons. The molecule has 8 heteroatoms. The minimum Gasteiger partial charge on any atom is -0.477 e. The van der Waals surface area contributed by atoms with Gasteiger partial charge in [-0.05, 0) is 42.3 Å². The number of aromatic carboxylic acids is 1. The maximum Gasteiger partial charge on any atom is 0.352 e. The zero-order chi connectivity index (χ0) is 15.6. The second-order valence-electron chi connectivity index (χ2n) is 4.82. The number of sulfonamides is 1. The van der Waals surface area contributed by atoms with Gasteiger partial charge in [0.05, 0.1) is 0 Å². The molecule has 6 nitrogen and oxygen atoms in total. The Labute approximate surface area is 127 Å². The largest absolute Gasteiger partial charge is 0.477 e. The van der Waals surface area contributed by atoms with Crippen molar-refractivity contribution in [1.82, 2.24) is 9.29 Å². The third-order valence-electron chi connectivity index (χ3n) is 2.96. The van der Waals surface area contributed by atoms with E-state index in [1.165, 1.54) is 28.2 Å². The highest BCUT2D eigenvalue weighted by atomic mass is 32.2. The summed E-state index contributed by atoms with van der Waals surface area (Å²) in [5, 5.41) is 12.9. The lowest BCUT2D eigenvalue weighted by molar-refractivity contribution is 0.0683. The van der Waals surface area contributed by atoms with Crippen LogP contribution in [0.5, 0.6) is 0 Å². The fraction of sp³-hybridized carbons (Fsp3) is 0.308. The standard InChI is InChI=1S/C13H16N2O4S2/c1-9(2)15-7-11(5-12(15)13(16)17)21(18,19)14-6-10-3-4-20-8-10/h3-5,7-9,14H,6H2,1-2H3,(H,16,17). The zero-order valence-corrected chi connectivity index (χ0v) is 13.2.